The van der Waals surface area contributed by atoms with Gasteiger partial charge in [0.05, 0.1) is 17.0 Å². The van der Waals surface area contributed by atoms with E-state index < -0.39 is 34.3 Å². The van der Waals surface area contributed by atoms with Crippen LogP contribution in [0.25, 0.3) is 0 Å². The second kappa shape index (κ2) is 12.3. The molecule has 0 heterocycles. The van der Waals surface area contributed by atoms with Crippen LogP contribution in [0.5, 0.6) is 0 Å². The van der Waals surface area contributed by atoms with E-state index in [1.54, 1.807) is 13.0 Å². The highest BCUT2D eigenvalue weighted by atomic mass is 35.5. The molecule has 1 fully saturated rings. The molecule has 3 rings (SSSR count). The van der Waals surface area contributed by atoms with Gasteiger partial charge < -0.3 is 10.2 Å². The first-order chi connectivity index (χ1) is 17.0. The summed E-state index contributed by atoms with van der Waals surface area (Å²) in [6.45, 7) is 0.712. The number of hydrogen-bond acceptors (Lipinski definition) is 4. The van der Waals surface area contributed by atoms with E-state index in [1.165, 1.54) is 41.3 Å². The van der Waals surface area contributed by atoms with E-state index in [0.29, 0.717) is 5.02 Å². The Morgan fingerprint density at radius 2 is 1.78 bits per heavy atom. The average Bonchev–Trinajstić information content (AvgIpc) is 2.82. The molecule has 0 saturated heterocycles. The normalized spacial score (nSPS) is 15.2. The summed E-state index contributed by atoms with van der Waals surface area (Å²) in [5.74, 6) is -1.58. The Hall–Kier alpha value is -2.36. The topological polar surface area (TPSA) is 86.8 Å². The second-order valence-corrected chi connectivity index (χ2v) is 11.7. The molecule has 1 unspecified atom stereocenters. The fourth-order valence-corrected chi connectivity index (χ4v) is 5.66. The van der Waals surface area contributed by atoms with Crippen molar-refractivity contribution in [2.75, 3.05) is 17.1 Å². The fraction of sp³-hybridized carbons (Fsp3) is 0.440. The summed E-state index contributed by atoms with van der Waals surface area (Å²) < 4.78 is 40.6. The molecular formula is C25H30Cl2FN3O4S. The van der Waals surface area contributed by atoms with Gasteiger partial charge in [-0.2, -0.15) is 0 Å². The third-order valence-electron chi connectivity index (χ3n) is 6.27. The van der Waals surface area contributed by atoms with E-state index in [4.69, 9.17) is 23.2 Å². The number of anilines is 1. The molecule has 2 aromatic rings. The predicted octanol–water partition coefficient (Wildman–Crippen LogP) is 4.76. The number of nitrogens with zero attached hydrogens (tertiary/aromatic N) is 2. The van der Waals surface area contributed by atoms with E-state index in [1.807, 2.05) is 0 Å². The van der Waals surface area contributed by atoms with Crippen molar-refractivity contribution in [3.05, 3.63) is 63.9 Å². The van der Waals surface area contributed by atoms with Crippen molar-refractivity contribution >= 4 is 50.7 Å². The van der Waals surface area contributed by atoms with Gasteiger partial charge in [-0.1, -0.05) is 60.7 Å². The number of benzene rings is 2. The van der Waals surface area contributed by atoms with Crippen molar-refractivity contribution in [2.24, 2.45) is 0 Å². The van der Waals surface area contributed by atoms with Crippen LogP contribution in [-0.2, 0) is 26.2 Å². The van der Waals surface area contributed by atoms with Crippen molar-refractivity contribution in [3.8, 4) is 0 Å². The fourth-order valence-electron chi connectivity index (χ4n) is 4.24. The molecule has 0 aliphatic heterocycles. The molecule has 1 atom stereocenters. The molecule has 36 heavy (non-hydrogen) atoms. The summed E-state index contributed by atoms with van der Waals surface area (Å²) in [5.41, 5.74) is 0.278. The second-order valence-electron chi connectivity index (χ2n) is 9.00. The number of amides is 2. The minimum Gasteiger partial charge on any atom is -0.352 e. The summed E-state index contributed by atoms with van der Waals surface area (Å²) in [4.78, 5) is 27.9. The zero-order valence-corrected chi connectivity index (χ0v) is 22.5. The van der Waals surface area contributed by atoms with Crippen molar-refractivity contribution in [1.82, 2.24) is 10.2 Å². The summed E-state index contributed by atoms with van der Waals surface area (Å²) in [7, 11) is -3.95. The number of nitrogens with one attached hydrogen (secondary N) is 1. The molecule has 196 valence electrons. The molecule has 1 aliphatic carbocycles. The van der Waals surface area contributed by atoms with Crippen LogP contribution in [-0.4, -0.2) is 50.0 Å². The van der Waals surface area contributed by atoms with Crippen LogP contribution in [0.1, 0.15) is 44.6 Å². The molecular weight excluding hydrogens is 528 g/mol. The third kappa shape index (κ3) is 7.33. The molecule has 11 heteroatoms. The summed E-state index contributed by atoms with van der Waals surface area (Å²) in [6, 6.07) is 9.22. The lowest BCUT2D eigenvalue weighted by molar-refractivity contribution is -0.139. The highest BCUT2D eigenvalue weighted by Gasteiger charge is 2.32. The number of carbonyl (C=O) groups is 2. The van der Waals surface area contributed by atoms with Gasteiger partial charge in [-0.15, -0.1) is 0 Å². The standard InChI is InChI=1S/C25H30Cl2FN3O4S/c1-17(25(33)29-20-9-4-3-5-10-20)30(15-18-8-6-7-11-22(18)28)24(32)16-31(36(2,34)35)23-13-12-19(26)14-21(23)27/h6-8,11-14,17,20H,3-5,9-10,15-16H2,1-2H3,(H,29,33). The minimum absolute atomic E-state index is 0.0134. The first-order valence-electron chi connectivity index (χ1n) is 11.7. The Labute approximate surface area is 221 Å². The van der Waals surface area contributed by atoms with Gasteiger partial charge in [0.1, 0.15) is 18.4 Å². The third-order valence-corrected chi connectivity index (χ3v) is 7.94. The maximum absolute atomic E-state index is 14.5. The Morgan fingerprint density at radius 1 is 1.11 bits per heavy atom. The smallest absolute Gasteiger partial charge is 0.244 e. The number of rotatable bonds is 9. The van der Waals surface area contributed by atoms with Gasteiger partial charge in [0, 0.05) is 23.2 Å². The van der Waals surface area contributed by atoms with Crippen molar-refractivity contribution in [1.29, 1.82) is 0 Å². The highest BCUT2D eigenvalue weighted by Crippen LogP contribution is 2.30. The number of hydrogen-bond donors (Lipinski definition) is 1. The Bertz CT molecular complexity index is 1210. The van der Waals surface area contributed by atoms with E-state index in [2.05, 4.69) is 5.32 Å². The molecule has 7 nitrogen and oxygen atoms in total. The van der Waals surface area contributed by atoms with E-state index in [0.717, 1.165) is 42.7 Å². The quantitative estimate of drug-likeness (QED) is 0.481. The van der Waals surface area contributed by atoms with E-state index >= 15 is 0 Å². The van der Waals surface area contributed by atoms with Gasteiger partial charge in [0.2, 0.25) is 21.8 Å². The molecule has 0 radical (unpaired) electrons. The first-order valence-corrected chi connectivity index (χ1v) is 14.3. The van der Waals surface area contributed by atoms with E-state index in [9.17, 15) is 22.4 Å². The maximum atomic E-state index is 14.5. The Balaban J connectivity index is 1.90. The number of carbonyl (C=O) groups excluding carboxylic acids is 2. The van der Waals surface area contributed by atoms with Gasteiger partial charge in [-0.05, 0) is 44.0 Å². The lowest BCUT2D eigenvalue weighted by Crippen LogP contribution is -2.53. The number of halogens is 3. The van der Waals surface area contributed by atoms with Crippen molar-refractivity contribution in [3.63, 3.8) is 0 Å². The Kier molecular flexibility index (Phi) is 9.60. The van der Waals surface area contributed by atoms with Crippen LogP contribution < -0.4 is 9.62 Å². The molecule has 2 aromatic carbocycles. The summed E-state index contributed by atoms with van der Waals surface area (Å²) in [6.07, 6.45) is 5.82. The lowest BCUT2D eigenvalue weighted by atomic mass is 9.95. The van der Waals surface area contributed by atoms with Gasteiger partial charge in [0.15, 0.2) is 0 Å². The van der Waals surface area contributed by atoms with Crippen LogP contribution in [0.4, 0.5) is 10.1 Å². The zero-order chi connectivity index (χ0) is 26.5. The van der Waals surface area contributed by atoms with Gasteiger partial charge in [-0.25, -0.2) is 12.8 Å². The van der Waals surface area contributed by atoms with Gasteiger partial charge in [-0.3, -0.25) is 13.9 Å². The first kappa shape index (κ1) is 28.2. The monoisotopic (exact) mass is 557 g/mol. The Morgan fingerprint density at radius 3 is 2.39 bits per heavy atom. The summed E-state index contributed by atoms with van der Waals surface area (Å²) in [5, 5.41) is 3.34. The molecule has 1 aliphatic rings. The van der Waals surface area contributed by atoms with Crippen LogP contribution in [0.15, 0.2) is 42.5 Å². The van der Waals surface area contributed by atoms with Crippen LogP contribution in [0.2, 0.25) is 10.0 Å². The number of sulfonamides is 1. The lowest BCUT2D eigenvalue weighted by Gasteiger charge is -2.33. The molecule has 0 spiro atoms. The molecule has 0 aromatic heterocycles. The summed E-state index contributed by atoms with van der Waals surface area (Å²) >= 11 is 12.2. The van der Waals surface area contributed by atoms with Crippen LogP contribution in [0.3, 0.4) is 0 Å². The maximum Gasteiger partial charge on any atom is 0.244 e. The van der Waals surface area contributed by atoms with E-state index in [-0.39, 0.29) is 34.8 Å². The molecule has 2 amide bonds. The SMILES string of the molecule is CC(C(=O)NC1CCCCC1)N(Cc1ccccc1F)C(=O)CN(c1ccc(Cl)cc1Cl)S(C)(=O)=O. The van der Waals surface area contributed by atoms with Gasteiger partial charge >= 0.3 is 0 Å². The largest absolute Gasteiger partial charge is 0.352 e. The van der Waals surface area contributed by atoms with Crippen molar-refractivity contribution in [2.45, 2.75) is 57.7 Å². The van der Waals surface area contributed by atoms with Crippen molar-refractivity contribution < 1.29 is 22.4 Å². The highest BCUT2D eigenvalue weighted by molar-refractivity contribution is 7.92. The molecule has 1 saturated carbocycles. The zero-order valence-electron chi connectivity index (χ0n) is 20.2. The average molecular weight is 559 g/mol. The molecule has 1 N–H and O–H groups in total. The van der Waals surface area contributed by atoms with Crippen LogP contribution in [0, 0.1) is 5.82 Å². The van der Waals surface area contributed by atoms with Gasteiger partial charge in [0.25, 0.3) is 0 Å². The van der Waals surface area contributed by atoms with Crippen LogP contribution >= 0.6 is 23.2 Å². The predicted molar refractivity (Wildman–Crippen MR) is 140 cm³/mol. The molecule has 0 bridgehead atoms. The minimum atomic E-state index is -3.95.